The molecule has 1 heterocycles. The van der Waals surface area contributed by atoms with Crippen molar-refractivity contribution in [3.63, 3.8) is 0 Å². The summed E-state index contributed by atoms with van der Waals surface area (Å²) in [5.41, 5.74) is 2.53. The zero-order chi connectivity index (χ0) is 15.8. The van der Waals surface area contributed by atoms with Crippen molar-refractivity contribution in [2.75, 3.05) is 5.32 Å². The minimum Gasteiger partial charge on any atom is -0.378 e. The van der Waals surface area contributed by atoms with E-state index in [0.29, 0.717) is 12.2 Å². The van der Waals surface area contributed by atoms with Crippen molar-refractivity contribution in [3.05, 3.63) is 45.4 Å². The zero-order valence-corrected chi connectivity index (χ0v) is 14.0. The van der Waals surface area contributed by atoms with Gasteiger partial charge in [0, 0.05) is 30.8 Å². The van der Waals surface area contributed by atoms with Crippen molar-refractivity contribution in [2.24, 2.45) is 7.05 Å². The molecule has 21 heavy (non-hydrogen) atoms. The Balaban J connectivity index is 2.25. The Hall–Kier alpha value is -1.26. The van der Waals surface area contributed by atoms with Crippen LogP contribution in [-0.2, 0) is 19.0 Å². The van der Waals surface area contributed by atoms with Gasteiger partial charge in [-0.05, 0) is 12.1 Å². The third-order valence-electron chi connectivity index (χ3n) is 3.08. The van der Waals surface area contributed by atoms with E-state index < -0.39 is 5.82 Å². The summed E-state index contributed by atoms with van der Waals surface area (Å²) in [5, 5.41) is 8.20. The second kappa shape index (κ2) is 5.85. The molecule has 2 aromatic rings. The quantitative estimate of drug-likeness (QED) is 0.878. The molecule has 0 aliphatic carbocycles. The van der Waals surface area contributed by atoms with Gasteiger partial charge in [0.25, 0.3) is 0 Å². The molecule has 0 radical (unpaired) electrons. The van der Waals surface area contributed by atoms with E-state index in [0.717, 1.165) is 11.3 Å². The molecule has 0 aliphatic rings. The number of nitrogens with zero attached hydrogens (tertiary/aromatic N) is 2. The van der Waals surface area contributed by atoms with Gasteiger partial charge >= 0.3 is 0 Å². The van der Waals surface area contributed by atoms with Gasteiger partial charge < -0.3 is 5.32 Å². The summed E-state index contributed by atoms with van der Waals surface area (Å²) in [6.45, 7) is 6.84. The summed E-state index contributed by atoms with van der Waals surface area (Å²) in [6.07, 6.45) is 1.96. The first-order valence-electron chi connectivity index (χ1n) is 6.60. The van der Waals surface area contributed by atoms with E-state index in [-0.39, 0.29) is 15.5 Å². The summed E-state index contributed by atoms with van der Waals surface area (Å²) in [7, 11) is 1.89. The van der Waals surface area contributed by atoms with Gasteiger partial charge in [0.1, 0.15) is 5.82 Å². The highest BCUT2D eigenvalue weighted by molar-refractivity contribution is 6.39. The highest BCUT2D eigenvalue weighted by Crippen LogP contribution is 2.32. The van der Waals surface area contributed by atoms with Gasteiger partial charge in [-0.3, -0.25) is 4.68 Å². The SMILES string of the molecule is Cn1cc(CNc2c(Cl)cc(F)cc2Cl)c(C(C)(C)C)n1. The third-order valence-corrected chi connectivity index (χ3v) is 3.67. The molecule has 1 N–H and O–H groups in total. The third kappa shape index (κ3) is 3.69. The number of nitrogens with one attached hydrogen (secondary N) is 1. The summed E-state index contributed by atoms with van der Waals surface area (Å²) < 4.78 is 15.0. The number of rotatable bonds is 3. The second-order valence-corrected chi connectivity index (χ2v) is 6.84. The molecule has 6 heteroatoms. The highest BCUT2D eigenvalue weighted by atomic mass is 35.5. The Bertz CT molecular complexity index is 636. The molecular formula is C15H18Cl2FN3. The molecule has 1 aromatic carbocycles. The topological polar surface area (TPSA) is 29.9 Å². The number of aryl methyl sites for hydroxylation is 1. The van der Waals surface area contributed by atoms with Crippen LogP contribution in [0.15, 0.2) is 18.3 Å². The average molecular weight is 330 g/mol. The summed E-state index contributed by atoms with van der Waals surface area (Å²) in [6, 6.07) is 2.48. The van der Waals surface area contributed by atoms with Gasteiger partial charge in [0.15, 0.2) is 0 Å². The monoisotopic (exact) mass is 329 g/mol. The smallest absolute Gasteiger partial charge is 0.126 e. The van der Waals surface area contributed by atoms with E-state index in [4.69, 9.17) is 23.2 Å². The van der Waals surface area contributed by atoms with Crippen molar-refractivity contribution in [1.82, 2.24) is 9.78 Å². The molecule has 0 saturated carbocycles. The molecule has 114 valence electrons. The summed E-state index contributed by atoms with van der Waals surface area (Å²) in [5.74, 6) is -0.452. The molecule has 2 rings (SSSR count). The minimum atomic E-state index is -0.452. The maximum Gasteiger partial charge on any atom is 0.126 e. The van der Waals surface area contributed by atoms with Gasteiger partial charge in [0.05, 0.1) is 21.4 Å². The van der Waals surface area contributed by atoms with Crippen LogP contribution in [0.2, 0.25) is 10.0 Å². The van der Waals surface area contributed by atoms with Crippen LogP contribution in [0.3, 0.4) is 0 Å². The van der Waals surface area contributed by atoms with Crippen molar-refractivity contribution in [3.8, 4) is 0 Å². The predicted molar refractivity (Wildman–Crippen MR) is 85.7 cm³/mol. The Morgan fingerprint density at radius 1 is 1.24 bits per heavy atom. The van der Waals surface area contributed by atoms with Crippen LogP contribution in [0.1, 0.15) is 32.0 Å². The van der Waals surface area contributed by atoms with E-state index in [1.165, 1.54) is 12.1 Å². The van der Waals surface area contributed by atoms with E-state index in [1.54, 1.807) is 4.68 Å². The fourth-order valence-corrected chi connectivity index (χ4v) is 2.79. The first-order valence-corrected chi connectivity index (χ1v) is 7.35. The fraction of sp³-hybridized carbons (Fsp3) is 0.400. The second-order valence-electron chi connectivity index (χ2n) is 6.02. The van der Waals surface area contributed by atoms with Gasteiger partial charge in [-0.1, -0.05) is 44.0 Å². The molecule has 1 aromatic heterocycles. The van der Waals surface area contributed by atoms with Crippen LogP contribution in [0.4, 0.5) is 10.1 Å². The Morgan fingerprint density at radius 3 is 2.33 bits per heavy atom. The van der Waals surface area contributed by atoms with Crippen LogP contribution in [-0.4, -0.2) is 9.78 Å². The molecule has 0 atom stereocenters. The van der Waals surface area contributed by atoms with E-state index in [1.807, 2.05) is 13.2 Å². The number of hydrogen-bond donors (Lipinski definition) is 1. The van der Waals surface area contributed by atoms with Crippen LogP contribution in [0, 0.1) is 5.82 Å². The first kappa shape index (κ1) is 16.1. The predicted octanol–water partition coefficient (Wildman–Crippen LogP) is 4.78. The number of hydrogen-bond acceptors (Lipinski definition) is 2. The molecule has 0 spiro atoms. The number of halogens is 3. The van der Waals surface area contributed by atoms with E-state index >= 15 is 0 Å². The van der Waals surface area contributed by atoms with Crippen molar-refractivity contribution >= 4 is 28.9 Å². The van der Waals surface area contributed by atoms with Gasteiger partial charge in [-0.15, -0.1) is 0 Å². The Morgan fingerprint density at radius 2 is 1.81 bits per heavy atom. The average Bonchev–Trinajstić information content (AvgIpc) is 2.69. The van der Waals surface area contributed by atoms with Crippen LogP contribution in [0.5, 0.6) is 0 Å². The molecule has 0 fully saturated rings. The largest absolute Gasteiger partial charge is 0.378 e. The van der Waals surface area contributed by atoms with Crippen molar-refractivity contribution < 1.29 is 4.39 Å². The van der Waals surface area contributed by atoms with Gasteiger partial charge in [-0.2, -0.15) is 5.10 Å². The van der Waals surface area contributed by atoms with Crippen molar-refractivity contribution in [2.45, 2.75) is 32.7 Å². The van der Waals surface area contributed by atoms with E-state index in [2.05, 4.69) is 31.2 Å². The van der Waals surface area contributed by atoms with Crippen LogP contribution < -0.4 is 5.32 Å². The fourth-order valence-electron chi connectivity index (χ4n) is 2.19. The lowest BCUT2D eigenvalue weighted by atomic mass is 9.89. The van der Waals surface area contributed by atoms with Crippen LogP contribution >= 0.6 is 23.2 Å². The molecule has 0 bridgehead atoms. The number of anilines is 1. The molecule has 3 nitrogen and oxygen atoms in total. The number of aromatic nitrogens is 2. The standard InChI is InChI=1S/C15H18Cl2FN3/c1-15(2,3)14-9(8-21(4)20-14)7-19-13-11(16)5-10(18)6-12(13)17/h5-6,8,19H,7H2,1-4H3. The summed E-state index contributed by atoms with van der Waals surface area (Å²) in [4.78, 5) is 0. The Kier molecular flexibility index (Phi) is 4.49. The molecule has 0 saturated heterocycles. The molecule has 0 amide bonds. The van der Waals surface area contributed by atoms with E-state index in [9.17, 15) is 4.39 Å². The summed E-state index contributed by atoms with van der Waals surface area (Å²) >= 11 is 12.1. The molecule has 0 aliphatic heterocycles. The lowest BCUT2D eigenvalue weighted by Gasteiger charge is -2.18. The first-order chi connectivity index (χ1) is 9.68. The minimum absolute atomic E-state index is 0.0609. The maximum atomic E-state index is 13.2. The molecule has 0 unspecified atom stereocenters. The van der Waals surface area contributed by atoms with Gasteiger partial charge in [-0.25, -0.2) is 4.39 Å². The lowest BCUT2D eigenvalue weighted by molar-refractivity contribution is 0.549. The number of benzene rings is 1. The maximum absolute atomic E-state index is 13.2. The van der Waals surface area contributed by atoms with Crippen LogP contribution in [0.25, 0.3) is 0 Å². The molecular weight excluding hydrogens is 312 g/mol. The Labute approximate surface area is 134 Å². The normalized spacial score (nSPS) is 11.8. The highest BCUT2D eigenvalue weighted by Gasteiger charge is 2.22. The zero-order valence-electron chi connectivity index (χ0n) is 12.5. The van der Waals surface area contributed by atoms with Gasteiger partial charge in [0.2, 0.25) is 0 Å². The van der Waals surface area contributed by atoms with Crippen molar-refractivity contribution in [1.29, 1.82) is 0 Å². The lowest BCUT2D eigenvalue weighted by Crippen LogP contribution is -2.16.